The van der Waals surface area contributed by atoms with E-state index in [9.17, 15) is 9.18 Å². The van der Waals surface area contributed by atoms with Gasteiger partial charge in [-0.3, -0.25) is 5.32 Å². The van der Waals surface area contributed by atoms with Crippen LogP contribution in [0.15, 0.2) is 28.8 Å². The largest absolute Gasteiger partial charge is 0.360 e. The number of hydrogen-bond acceptors (Lipinski definition) is 4. The highest BCUT2D eigenvalue weighted by atomic mass is 19.1. The molecular weight excluding hydrogens is 287 g/mol. The molecule has 0 aliphatic carbocycles. The third kappa shape index (κ3) is 3.61. The van der Waals surface area contributed by atoms with Crippen LogP contribution in [0.5, 0.6) is 0 Å². The van der Waals surface area contributed by atoms with Gasteiger partial charge in [-0.05, 0) is 26.0 Å². The number of rotatable bonds is 4. The lowest BCUT2D eigenvalue weighted by Gasteiger charge is -2.21. The molecule has 1 N–H and O–H groups in total. The Bertz CT molecular complexity index is 721. The molecule has 0 bridgehead atoms. The molecular formula is C15H15FN4O2. The van der Waals surface area contributed by atoms with Gasteiger partial charge < -0.3 is 9.42 Å². The van der Waals surface area contributed by atoms with Gasteiger partial charge in [0, 0.05) is 18.2 Å². The van der Waals surface area contributed by atoms with Crippen LogP contribution in [0.3, 0.4) is 0 Å². The number of nitriles is 1. The van der Waals surface area contributed by atoms with Gasteiger partial charge in [-0.1, -0.05) is 11.2 Å². The fourth-order valence-electron chi connectivity index (χ4n) is 1.89. The Morgan fingerprint density at radius 1 is 1.50 bits per heavy atom. The van der Waals surface area contributed by atoms with Crippen LogP contribution in [0.2, 0.25) is 0 Å². The number of carbonyl (C=O) groups is 1. The number of benzene rings is 1. The van der Waals surface area contributed by atoms with Gasteiger partial charge in [0.25, 0.3) is 0 Å². The number of halogens is 1. The lowest BCUT2D eigenvalue weighted by Crippen LogP contribution is -2.34. The lowest BCUT2D eigenvalue weighted by molar-refractivity contribution is 0.211. The molecule has 0 aliphatic heterocycles. The van der Waals surface area contributed by atoms with Crippen molar-refractivity contribution < 1.29 is 13.7 Å². The lowest BCUT2D eigenvalue weighted by atomic mass is 10.1. The van der Waals surface area contributed by atoms with Gasteiger partial charge >= 0.3 is 6.03 Å². The summed E-state index contributed by atoms with van der Waals surface area (Å²) in [6, 6.07) is 7.23. The number of aromatic nitrogens is 1. The van der Waals surface area contributed by atoms with Gasteiger partial charge in [0.1, 0.15) is 11.6 Å². The van der Waals surface area contributed by atoms with Crippen LogP contribution in [0.1, 0.15) is 23.8 Å². The maximum absolute atomic E-state index is 13.9. The molecule has 0 atom stereocenters. The third-order valence-electron chi connectivity index (χ3n) is 3.08. The maximum Gasteiger partial charge on any atom is 0.323 e. The van der Waals surface area contributed by atoms with E-state index in [0.29, 0.717) is 23.7 Å². The summed E-state index contributed by atoms with van der Waals surface area (Å²) in [6.45, 7) is 3.99. The maximum atomic E-state index is 13.9. The van der Waals surface area contributed by atoms with Gasteiger partial charge in [-0.15, -0.1) is 0 Å². The predicted molar refractivity (Wildman–Crippen MR) is 77.5 cm³/mol. The minimum Gasteiger partial charge on any atom is -0.360 e. The first-order chi connectivity index (χ1) is 10.5. The number of aryl methyl sites for hydroxylation is 1. The van der Waals surface area contributed by atoms with E-state index in [1.165, 1.54) is 17.0 Å². The number of urea groups is 1. The van der Waals surface area contributed by atoms with E-state index in [-0.39, 0.29) is 12.1 Å². The molecule has 2 rings (SSSR count). The summed E-state index contributed by atoms with van der Waals surface area (Å²) in [5, 5.41) is 15.0. The zero-order chi connectivity index (χ0) is 16.1. The van der Waals surface area contributed by atoms with Gasteiger partial charge in [-0.25, -0.2) is 9.18 Å². The summed E-state index contributed by atoms with van der Waals surface area (Å²) < 4.78 is 18.8. The third-order valence-corrected chi connectivity index (χ3v) is 3.08. The average Bonchev–Trinajstić information content (AvgIpc) is 2.90. The normalized spacial score (nSPS) is 10.1. The van der Waals surface area contributed by atoms with Crippen molar-refractivity contribution in [1.29, 1.82) is 5.26 Å². The summed E-state index contributed by atoms with van der Waals surface area (Å²) >= 11 is 0. The average molecular weight is 302 g/mol. The first-order valence-electron chi connectivity index (χ1n) is 6.71. The first-order valence-corrected chi connectivity index (χ1v) is 6.71. The molecule has 1 aromatic carbocycles. The predicted octanol–water partition coefficient (Wildman–Crippen LogP) is 3.05. The van der Waals surface area contributed by atoms with E-state index < -0.39 is 11.8 Å². The second-order valence-electron chi connectivity index (χ2n) is 4.69. The second kappa shape index (κ2) is 6.72. The molecule has 1 aromatic heterocycles. The quantitative estimate of drug-likeness (QED) is 0.941. The summed E-state index contributed by atoms with van der Waals surface area (Å²) in [5.74, 6) is 0.375. The second-order valence-corrected chi connectivity index (χ2v) is 4.69. The smallest absolute Gasteiger partial charge is 0.323 e. The number of anilines is 1. The van der Waals surface area contributed by atoms with Crippen molar-refractivity contribution in [3.05, 3.63) is 47.0 Å². The van der Waals surface area contributed by atoms with Crippen LogP contribution in [-0.2, 0) is 6.54 Å². The van der Waals surface area contributed by atoms with Crippen molar-refractivity contribution >= 4 is 11.8 Å². The highest BCUT2D eigenvalue weighted by Crippen LogP contribution is 2.14. The zero-order valence-electron chi connectivity index (χ0n) is 12.3. The topological polar surface area (TPSA) is 82.2 Å². The van der Waals surface area contributed by atoms with Gasteiger partial charge in [0.15, 0.2) is 5.82 Å². The standard InChI is InChI=1S/C15H15FN4O2/c1-3-20(15(21)18-14-6-10(2)22-19-14)9-12-5-4-11(8-17)7-13(12)16/h4-7H,3,9H2,1-2H3,(H,18,19,21). The fourth-order valence-corrected chi connectivity index (χ4v) is 1.89. The Labute approximate surface area is 127 Å². The van der Waals surface area contributed by atoms with E-state index in [1.807, 2.05) is 6.07 Å². The molecule has 0 saturated heterocycles. The fraction of sp³-hybridized carbons (Fsp3) is 0.267. The summed E-state index contributed by atoms with van der Waals surface area (Å²) in [4.78, 5) is 13.6. The highest BCUT2D eigenvalue weighted by Gasteiger charge is 2.16. The van der Waals surface area contributed by atoms with Crippen LogP contribution in [0.25, 0.3) is 0 Å². The summed E-state index contributed by atoms with van der Waals surface area (Å²) in [6.07, 6.45) is 0. The Morgan fingerprint density at radius 2 is 2.27 bits per heavy atom. The monoisotopic (exact) mass is 302 g/mol. The van der Waals surface area contributed by atoms with Crippen molar-refractivity contribution in [3.63, 3.8) is 0 Å². The Morgan fingerprint density at radius 3 is 2.82 bits per heavy atom. The number of hydrogen-bond donors (Lipinski definition) is 1. The van der Waals surface area contributed by atoms with Crippen molar-refractivity contribution in [1.82, 2.24) is 10.1 Å². The minimum absolute atomic E-state index is 0.0940. The molecule has 0 unspecified atom stereocenters. The molecule has 2 amide bonds. The molecule has 0 aliphatic rings. The molecule has 7 heteroatoms. The molecule has 0 spiro atoms. The number of nitrogens with zero attached hydrogens (tertiary/aromatic N) is 3. The molecule has 0 fully saturated rings. The molecule has 2 aromatic rings. The van der Waals surface area contributed by atoms with Crippen molar-refractivity contribution in [2.24, 2.45) is 0 Å². The molecule has 114 valence electrons. The van der Waals surface area contributed by atoms with Crippen LogP contribution >= 0.6 is 0 Å². The van der Waals surface area contributed by atoms with Crippen LogP contribution in [0.4, 0.5) is 15.0 Å². The number of carbonyl (C=O) groups excluding carboxylic acids is 1. The van der Waals surface area contributed by atoms with E-state index in [4.69, 9.17) is 9.78 Å². The Kier molecular flexibility index (Phi) is 4.73. The van der Waals surface area contributed by atoms with E-state index in [0.717, 1.165) is 6.07 Å². The van der Waals surface area contributed by atoms with Crippen molar-refractivity contribution in [2.75, 3.05) is 11.9 Å². The van der Waals surface area contributed by atoms with Gasteiger partial charge in [-0.2, -0.15) is 5.26 Å². The van der Waals surface area contributed by atoms with Crippen LogP contribution < -0.4 is 5.32 Å². The molecule has 0 saturated carbocycles. The molecule has 22 heavy (non-hydrogen) atoms. The minimum atomic E-state index is -0.511. The Balaban J connectivity index is 2.08. The van der Waals surface area contributed by atoms with Crippen LogP contribution in [-0.4, -0.2) is 22.6 Å². The van der Waals surface area contributed by atoms with Gasteiger partial charge in [0.2, 0.25) is 0 Å². The van der Waals surface area contributed by atoms with E-state index >= 15 is 0 Å². The molecule has 0 radical (unpaired) electrons. The van der Waals surface area contributed by atoms with Crippen molar-refractivity contribution in [3.8, 4) is 6.07 Å². The number of nitrogens with one attached hydrogen (secondary N) is 1. The zero-order valence-corrected chi connectivity index (χ0v) is 12.3. The number of amides is 2. The van der Waals surface area contributed by atoms with E-state index in [1.54, 1.807) is 19.9 Å². The van der Waals surface area contributed by atoms with E-state index in [2.05, 4.69) is 10.5 Å². The highest BCUT2D eigenvalue weighted by molar-refractivity contribution is 5.88. The summed E-state index contributed by atoms with van der Waals surface area (Å²) in [5.41, 5.74) is 0.583. The van der Waals surface area contributed by atoms with Crippen molar-refractivity contribution in [2.45, 2.75) is 20.4 Å². The molecule has 1 heterocycles. The first kappa shape index (κ1) is 15.5. The van der Waals surface area contributed by atoms with Gasteiger partial charge in [0.05, 0.1) is 18.2 Å². The van der Waals surface area contributed by atoms with Crippen LogP contribution in [0, 0.1) is 24.1 Å². The summed E-state index contributed by atoms with van der Waals surface area (Å²) in [7, 11) is 0. The SMILES string of the molecule is CCN(Cc1ccc(C#N)cc1F)C(=O)Nc1cc(C)on1. The Hall–Kier alpha value is -2.88. The molecule has 6 nitrogen and oxygen atoms in total.